The first kappa shape index (κ1) is 6.39. The standard InChI is InChI=1S/C3H8N2O2/c4-2(1-6)3(5)7/h2,6H,1,4H2,(H2,5,7)/p+1/t2-/m1/s1. The molecular weight excluding hydrogens is 96.0 g/mol. The molecule has 0 rings (SSSR count). The maximum absolute atomic E-state index is 9.93. The van der Waals surface area contributed by atoms with Crippen LogP contribution in [0.25, 0.3) is 0 Å². The molecule has 0 saturated carbocycles. The number of carbonyl (C=O) groups excluding carboxylic acids is 1. The van der Waals surface area contributed by atoms with Gasteiger partial charge in [0.15, 0.2) is 6.04 Å². The lowest BCUT2D eigenvalue weighted by Crippen LogP contribution is -2.68. The van der Waals surface area contributed by atoms with Crippen LogP contribution in [0.5, 0.6) is 0 Å². The van der Waals surface area contributed by atoms with E-state index in [-0.39, 0.29) is 6.61 Å². The van der Waals surface area contributed by atoms with Gasteiger partial charge in [-0.15, -0.1) is 0 Å². The van der Waals surface area contributed by atoms with Gasteiger partial charge in [-0.25, -0.2) is 0 Å². The first-order valence-corrected chi connectivity index (χ1v) is 1.91. The Morgan fingerprint density at radius 1 is 2.00 bits per heavy atom. The highest BCUT2D eigenvalue weighted by Crippen LogP contribution is 1.63. The summed E-state index contributed by atoms with van der Waals surface area (Å²) in [6.45, 7) is -0.269. The van der Waals surface area contributed by atoms with E-state index in [0.717, 1.165) is 0 Å². The number of nitrogens with two attached hydrogens (primary N) is 1. The van der Waals surface area contributed by atoms with Gasteiger partial charge in [0.05, 0.1) is 0 Å². The minimum Gasteiger partial charge on any atom is -0.390 e. The SMILES string of the molecule is NC(=O)[C@H]([NH3+])CO. The molecule has 0 aromatic carbocycles. The number of hydrogen-bond acceptors (Lipinski definition) is 2. The van der Waals surface area contributed by atoms with Crippen molar-refractivity contribution in [1.29, 1.82) is 0 Å². The normalized spacial score (nSPS) is 13.4. The van der Waals surface area contributed by atoms with E-state index in [9.17, 15) is 4.79 Å². The second-order valence-electron chi connectivity index (χ2n) is 1.28. The van der Waals surface area contributed by atoms with Gasteiger partial charge < -0.3 is 16.6 Å². The van der Waals surface area contributed by atoms with E-state index in [1.54, 1.807) is 0 Å². The Labute approximate surface area is 41.1 Å². The van der Waals surface area contributed by atoms with Crippen LogP contribution in [0.2, 0.25) is 0 Å². The molecule has 0 unspecified atom stereocenters. The van der Waals surface area contributed by atoms with Crippen molar-refractivity contribution in [2.75, 3.05) is 6.61 Å². The number of quaternary nitrogens is 1. The molecule has 6 N–H and O–H groups in total. The highest BCUT2D eigenvalue weighted by molar-refractivity contribution is 5.78. The van der Waals surface area contributed by atoms with Crippen molar-refractivity contribution in [2.45, 2.75) is 6.04 Å². The van der Waals surface area contributed by atoms with E-state index in [0.29, 0.717) is 0 Å². The van der Waals surface area contributed by atoms with Gasteiger partial charge in [-0.1, -0.05) is 0 Å². The Balaban J connectivity index is 3.34. The van der Waals surface area contributed by atoms with Crippen LogP contribution in [0, 0.1) is 0 Å². The van der Waals surface area contributed by atoms with Crippen molar-refractivity contribution in [2.24, 2.45) is 5.73 Å². The smallest absolute Gasteiger partial charge is 0.278 e. The van der Waals surface area contributed by atoms with E-state index in [1.165, 1.54) is 0 Å². The number of primary amides is 1. The first-order valence-electron chi connectivity index (χ1n) is 1.91. The first-order chi connectivity index (χ1) is 3.18. The fourth-order valence-corrected chi connectivity index (χ4v) is 0.0900. The average Bonchev–Trinajstić information content (AvgIpc) is 1.65. The fourth-order valence-electron chi connectivity index (χ4n) is 0.0900. The zero-order valence-corrected chi connectivity index (χ0v) is 3.92. The lowest BCUT2D eigenvalue weighted by molar-refractivity contribution is -0.408. The van der Waals surface area contributed by atoms with Crippen LogP contribution in [0.15, 0.2) is 0 Å². The number of carbonyl (C=O) groups is 1. The molecule has 0 aromatic rings. The molecule has 4 heteroatoms. The summed E-state index contributed by atoms with van der Waals surface area (Å²) >= 11 is 0. The molecule has 0 radical (unpaired) electrons. The minimum atomic E-state index is -0.653. The topological polar surface area (TPSA) is 91.0 Å². The maximum atomic E-state index is 9.93. The number of aliphatic hydroxyl groups is 1. The quantitative estimate of drug-likeness (QED) is 0.351. The van der Waals surface area contributed by atoms with Crippen molar-refractivity contribution >= 4 is 5.91 Å². The van der Waals surface area contributed by atoms with Gasteiger partial charge in [-0.05, 0) is 0 Å². The van der Waals surface area contributed by atoms with Crippen LogP contribution in [0.1, 0.15) is 0 Å². The summed E-state index contributed by atoms with van der Waals surface area (Å²) in [7, 11) is 0. The van der Waals surface area contributed by atoms with Crippen molar-refractivity contribution in [3.8, 4) is 0 Å². The Morgan fingerprint density at radius 3 is 2.43 bits per heavy atom. The third-order valence-corrected chi connectivity index (χ3v) is 0.623. The molecule has 0 spiro atoms. The molecule has 0 aromatic heterocycles. The number of rotatable bonds is 2. The molecule has 0 aliphatic heterocycles. The summed E-state index contributed by atoms with van der Waals surface area (Å²) in [5.74, 6) is -0.567. The van der Waals surface area contributed by atoms with Crippen LogP contribution in [-0.2, 0) is 4.79 Å². The monoisotopic (exact) mass is 105 g/mol. The van der Waals surface area contributed by atoms with Crippen LogP contribution in [-0.4, -0.2) is 23.7 Å². The number of amides is 1. The highest BCUT2D eigenvalue weighted by atomic mass is 16.3. The highest BCUT2D eigenvalue weighted by Gasteiger charge is 2.08. The lowest BCUT2D eigenvalue weighted by Gasteiger charge is -1.94. The molecule has 7 heavy (non-hydrogen) atoms. The van der Waals surface area contributed by atoms with Crippen molar-refractivity contribution < 1.29 is 15.6 Å². The molecule has 0 aliphatic rings. The van der Waals surface area contributed by atoms with Crippen LogP contribution < -0.4 is 11.5 Å². The number of hydrogen-bond donors (Lipinski definition) is 3. The van der Waals surface area contributed by atoms with E-state index in [2.05, 4.69) is 11.5 Å². The second-order valence-corrected chi connectivity index (χ2v) is 1.28. The van der Waals surface area contributed by atoms with Gasteiger partial charge in [-0.2, -0.15) is 0 Å². The summed E-state index contributed by atoms with van der Waals surface area (Å²) in [5.41, 5.74) is 7.92. The third-order valence-electron chi connectivity index (χ3n) is 0.623. The summed E-state index contributed by atoms with van der Waals surface area (Å²) in [6, 6.07) is -0.653. The zero-order valence-electron chi connectivity index (χ0n) is 3.92. The minimum absolute atomic E-state index is 0.269. The van der Waals surface area contributed by atoms with Gasteiger partial charge in [0.25, 0.3) is 5.91 Å². The van der Waals surface area contributed by atoms with E-state index in [1.807, 2.05) is 0 Å². The van der Waals surface area contributed by atoms with Gasteiger partial charge in [0.1, 0.15) is 6.61 Å². The average molecular weight is 105 g/mol. The molecule has 0 saturated heterocycles. The maximum Gasteiger partial charge on any atom is 0.278 e. The summed E-state index contributed by atoms with van der Waals surface area (Å²) in [4.78, 5) is 9.93. The van der Waals surface area contributed by atoms with E-state index < -0.39 is 11.9 Å². The van der Waals surface area contributed by atoms with Crippen LogP contribution >= 0.6 is 0 Å². The van der Waals surface area contributed by atoms with Crippen molar-refractivity contribution in [3.05, 3.63) is 0 Å². The Bertz CT molecular complexity index is 73.3. The molecular formula is C3H9N2O2+. The number of aliphatic hydroxyl groups excluding tert-OH is 1. The van der Waals surface area contributed by atoms with Gasteiger partial charge in [0, 0.05) is 0 Å². The van der Waals surface area contributed by atoms with Gasteiger partial charge in [-0.3, -0.25) is 4.79 Å². The largest absolute Gasteiger partial charge is 0.390 e. The molecule has 0 bridgehead atoms. The second kappa shape index (κ2) is 2.54. The Kier molecular flexibility index (Phi) is 2.32. The summed E-state index contributed by atoms with van der Waals surface area (Å²) in [6.07, 6.45) is 0. The van der Waals surface area contributed by atoms with Crippen LogP contribution in [0.4, 0.5) is 0 Å². The van der Waals surface area contributed by atoms with Crippen molar-refractivity contribution in [3.63, 3.8) is 0 Å². The summed E-state index contributed by atoms with van der Waals surface area (Å²) in [5, 5.41) is 8.14. The molecule has 4 nitrogen and oxygen atoms in total. The lowest BCUT2D eigenvalue weighted by atomic mass is 10.3. The van der Waals surface area contributed by atoms with Crippen molar-refractivity contribution in [1.82, 2.24) is 0 Å². The molecule has 1 amide bonds. The van der Waals surface area contributed by atoms with E-state index in [4.69, 9.17) is 5.11 Å². The molecule has 0 aliphatic carbocycles. The molecule has 0 fully saturated rings. The Hall–Kier alpha value is -0.610. The predicted octanol–water partition coefficient (Wildman–Crippen LogP) is -2.93. The molecule has 0 heterocycles. The van der Waals surface area contributed by atoms with Crippen LogP contribution in [0.3, 0.4) is 0 Å². The Morgan fingerprint density at radius 2 is 2.43 bits per heavy atom. The van der Waals surface area contributed by atoms with Gasteiger partial charge in [0.2, 0.25) is 0 Å². The molecule has 42 valence electrons. The van der Waals surface area contributed by atoms with Gasteiger partial charge >= 0.3 is 0 Å². The third kappa shape index (κ3) is 2.13. The molecule has 1 atom stereocenters. The summed E-state index contributed by atoms with van der Waals surface area (Å²) < 4.78 is 0. The zero-order chi connectivity index (χ0) is 5.86. The predicted molar refractivity (Wildman–Crippen MR) is 23.0 cm³/mol. The van der Waals surface area contributed by atoms with E-state index >= 15 is 0 Å². The fraction of sp³-hybridized carbons (Fsp3) is 0.667.